The molecule has 1 atom stereocenters. The van der Waals surface area contributed by atoms with Gasteiger partial charge in [0.1, 0.15) is 11.3 Å². The van der Waals surface area contributed by atoms with Crippen LogP contribution in [0.5, 0.6) is 0 Å². The van der Waals surface area contributed by atoms with Gasteiger partial charge in [0.15, 0.2) is 0 Å². The highest BCUT2D eigenvalue weighted by Crippen LogP contribution is 2.26. The number of hydrogen-bond acceptors (Lipinski definition) is 2. The van der Waals surface area contributed by atoms with E-state index in [0.29, 0.717) is 11.6 Å². The van der Waals surface area contributed by atoms with Crippen LogP contribution in [0.1, 0.15) is 17.3 Å². The van der Waals surface area contributed by atoms with E-state index in [2.05, 4.69) is 22.1 Å². The highest BCUT2D eigenvalue weighted by molar-refractivity contribution is 6.34. The van der Waals surface area contributed by atoms with Gasteiger partial charge >= 0.3 is 0 Å². The molecule has 0 aliphatic rings. The Morgan fingerprint density at radius 2 is 1.89 bits per heavy atom. The highest BCUT2D eigenvalue weighted by Gasteiger charge is 2.17. The van der Waals surface area contributed by atoms with Crippen molar-refractivity contribution in [2.45, 2.75) is 5.92 Å². The van der Waals surface area contributed by atoms with Gasteiger partial charge in [-0.1, -0.05) is 48.0 Å². The van der Waals surface area contributed by atoms with Crippen molar-refractivity contribution in [1.29, 1.82) is 0 Å². The Kier molecular flexibility index (Phi) is 3.23. The molecule has 1 aromatic heterocycles. The number of benzene rings is 2. The summed E-state index contributed by atoms with van der Waals surface area (Å²) in [4.78, 5) is 7.90. The Balaban J connectivity index is 2.09. The van der Waals surface area contributed by atoms with Crippen LogP contribution in [0.25, 0.3) is 11.0 Å². The molecule has 3 rings (SSSR count). The third kappa shape index (κ3) is 2.23. The quantitative estimate of drug-likeness (QED) is 0.768. The normalized spacial score (nSPS) is 12.7. The van der Waals surface area contributed by atoms with Crippen LogP contribution >= 0.6 is 11.6 Å². The Morgan fingerprint density at radius 1 is 1.11 bits per heavy atom. The average molecular weight is 272 g/mol. The van der Waals surface area contributed by atoms with Crippen molar-refractivity contribution >= 4 is 22.6 Å². The van der Waals surface area contributed by atoms with E-state index in [-0.39, 0.29) is 5.92 Å². The number of nitrogens with one attached hydrogen (secondary N) is 1. The number of aromatic amines is 1. The average Bonchev–Trinajstić information content (AvgIpc) is 2.86. The molecular formula is C15H14ClN3. The first-order valence-electron chi connectivity index (χ1n) is 6.18. The summed E-state index contributed by atoms with van der Waals surface area (Å²) in [5.74, 6) is 0.918. The summed E-state index contributed by atoms with van der Waals surface area (Å²) < 4.78 is 0. The minimum Gasteiger partial charge on any atom is -0.341 e. The zero-order chi connectivity index (χ0) is 13.2. The van der Waals surface area contributed by atoms with Crippen molar-refractivity contribution in [3.63, 3.8) is 0 Å². The van der Waals surface area contributed by atoms with E-state index in [1.807, 2.05) is 36.4 Å². The van der Waals surface area contributed by atoms with Crippen LogP contribution in [0.2, 0.25) is 5.02 Å². The monoisotopic (exact) mass is 271 g/mol. The molecule has 2 aromatic carbocycles. The Labute approximate surface area is 116 Å². The van der Waals surface area contributed by atoms with Crippen molar-refractivity contribution in [2.24, 2.45) is 5.73 Å². The van der Waals surface area contributed by atoms with E-state index in [0.717, 1.165) is 22.4 Å². The van der Waals surface area contributed by atoms with E-state index >= 15 is 0 Å². The van der Waals surface area contributed by atoms with Crippen molar-refractivity contribution in [1.82, 2.24) is 9.97 Å². The molecule has 19 heavy (non-hydrogen) atoms. The standard InChI is InChI=1S/C15H14ClN3/c16-12-7-4-8-13-14(12)19-15(18-13)11(9-17)10-5-2-1-3-6-10/h1-8,11H,9,17H2,(H,18,19). The van der Waals surface area contributed by atoms with Crippen molar-refractivity contribution in [2.75, 3.05) is 6.54 Å². The van der Waals surface area contributed by atoms with E-state index < -0.39 is 0 Å². The lowest BCUT2D eigenvalue weighted by atomic mass is 9.99. The Morgan fingerprint density at radius 3 is 2.58 bits per heavy atom. The van der Waals surface area contributed by atoms with Gasteiger partial charge in [-0.05, 0) is 17.7 Å². The fourth-order valence-electron chi connectivity index (χ4n) is 2.27. The largest absolute Gasteiger partial charge is 0.341 e. The molecule has 96 valence electrons. The molecule has 0 aliphatic carbocycles. The van der Waals surface area contributed by atoms with E-state index in [9.17, 15) is 0 Å². The van der Waals surface area contributed by atoms with Crippen LogP contribution in [0.15, 0.2) is 48.5 Å². The lowest BCUT2D eigenvalue weighted by Crippen LogP contribution is -2.15. The minimum atomic E-state index is 0.0599. The molecule has 0 amide bonds. The number of rotatable bonds is 3. The lowest BCUT2D eigenvalue weighted by molar-refractivity contribution is 0.769. The molecule has 1 unspecified atom stereocenters. The molecule has 1 heterocycles. The number of nitrogens with two attached hydrogens (primary N) is 1. The van der Waals surface area contributed by atoms with Gasteiger partial charge in [0.2, 0.25) is 0 Å². The molecule has 0 saturated carbocycles. The first-order chi connectivity index (χ1) is 9.29. The zero-order valence-corrected chi connectivity index (χ0v) is 11.1. The lowest BCUT2D eigenvalue weighted by Gasteiger charge is -2.11. The number of nitrogens with zero attached hydrogens (tertiary/aromatic N) is 1. The van der Waals surface area contributed by atoms with Gasteiger partial charge in [0.05, 0.1) is 16.5 Å². The summed E-state index contributed by atoms with van der Waals surface area (Å²) in [6.45, 7) is 0.501. The third-order valence-electron chi connectivity index (χ3n) is 3.25. The maximum atomic E-state index is 6.15. The van der Waals surface area contributed by atoms with Gasteiger partial charge in [-0.2, -0.15) is 0 Å². The van der Waals surface area contributed by atoms with E-state index in [1.54, 1.807) is 0 Å². The van der Waals surface area contributed by atoms with Gasteiger partial charge in [-0.25, -0.2) is 4.98 Å². The fraction of sp³-hybridized carbons (Fsp3) is 0.133. The van der Waals surface area contributed by atoms with Crippen LogP contribution in [0.4, 0.5) is 0 Å². The molecular weight excluding hydrogens is 258 g/mol. The maximum absolute atomic E-state index is 6.15. The number of fused-ring (bicyclic) bond motifs is 1. The second-order valence-electron chi connectivity index (χ2n) is 4.46. The topological polar surface area (TPSA) is 54.7 Å². The number of halogens is 1. The zero-order valence-electron chi connectivity index (χ0n) is 10.3. The summed E-state index contributed by atoms with van der Waals surface area (Å²) in [5, 5.41) is 0.656. The van der Waals surface area contributed by atoms with Gasteiger partial charge in [-0.15, -0.1) is 0 Å². The van der Waals surface area contributed by atoms with Crippen LogP contribution in [0, 0.1) is 0 Å². The second kappa shape index (κ2) is 5.03. The fourth-order valence-corrected chi connectivity index (χ4v) is 2.49. The first kappa shape index (κ1) is 12.2. The number of para-hydroxylation sites is 1. The summed E-state index contributed by atoms with van der Waals surface area (Å²) >= 11 is 6.15. The summed E-state index contributed by atoms with van der Waals surface area (Å²) in [6, 6.07) is 15.9. The predicted molar refractivity (Wildman–Crippen MR) is 78.4 cm³/mol. The van der Waals surface area contributed by atoms with E-state index in [1.165, 1.54) is 0 Å². The first-order valence-corrected chi connectivity index (χ1v) is 6.56. The number of H-pyrrole nitrogens is 1. The Bertz CT molecular complexity index is 691. The molecule has 0 aliphatic heterocycles. The number of aromatic nitrogens is 2. The molecule has 0 spiro atoms. The van der Waals surface area contributed by atoms with Gasteiger partial charge in [-0.3, -0.25) is 0 Å². The van der Waals surface area contributed by atoms with E-state index in [4.69, 9.17) is 17.3 Å². The highest BCUT2D eigenvalue weighted by atomic mass is 35.5. The number of hydrogen-bond donors (Lipinski definition) is 2. The van der Waals surface area contributed by atoms with Gasteiger partial charge in [0.25, 0.3) is 0 Å². The third-order valence-corrected chi connectivity index (χ3v) is 3.55. The SMILES string of the molecule is NCC(c1ccccc1)c1nc2c(Cl)cccc2[nH]1. The summed E-state index contributed by atoms with van der Waals surface area (Å²) in [5.41, 5.74) is 8.80. The predicted octanol–water partition coefficient (Wildman–Crippen LogP) is 3.31. The van der Waals surface area contributed by atoms with Crippen molar-refractivity contribution < 1.29 is 0 Å². The van der Waals surface area contributed by atoms with Gasteiger partial charge in [0, 0.05) is 6.54 Å². The van der Waals surface area contributed by atoms with Crippen molar-refractivity contribution in [3.8, 4) is 0 Å². The second-order valence-corrected chi connectivity index (χ2v) is 4.86. The van der Waals surface area contributed by atoms with Gasteiger partial charge < -0.3 is 10.7 Å². The van der Waals surface area contributed by atoms with Crippen LogP contribution < -0.4 is 5.73 Å². The van der Waals surface area contributed by atoms with Crippen LogP contribution in [-0.4, -0.2) is 16.5 Å². The number of imidazole rings is 1. The van der Waals surface area contributed by atoms with Crippen molar-refractivity contribution in [3.05, 3.63) is 64.9 Å². The summed E-state index contributed by atoms with van der Waals surface area (Å²) in [7, 11) is 0. The molecule has 0 saturated heterocycles. The molecule has 0 radical (unpaired) electrons. The van der Waals surface area contributed by atoms with Crippen LogP contribution in [-0.2, 0) is 0 Å². The molecule has 3 N–H and O–H groups in total. The molecule has 0 fully saturated rings. The van der Waals surface area contributed by atoms with Crippen LogP contribution in [0.3, 0.4) is 0 Å². The molecule has 3 aromatic rings. The Hall–Kier alpha value is -1.84. The molecule has 0 bridgehead atoms. The maximum Gasteiger partial charge on any atom is 0.116 e. The smallest absolute Gasteiger partial charge is 0.116 e. The minimum absolute atomic E-state index is 0.0599. The molecule has 3 nitrogen and oxygen atoms in total. The molecule has 4 heteroatoms. The summed E-state index contributed by atoms with van der Waals surface area (Å²) in [6.07, 6.45) is 0.